The first-order valence-corrected chi connectivity index (χ1v) is 13.5. The van der Waals surface area contributed by atoms with Crippen LogP contribution in [0.15, 0.2) is 59.5 Å². The average molecular weight is 451 g/mol. The van der Waals surface area contributed by atoms with Gasteiger partial charge in [-0.1, -0.05) is 45.4 Å². The van der Waals surface area contributed by atoms with Gasteiger partial charge < -0.3 is 9.61 Å². The number of rotatable bonds is 7. The summed E-state index contributed by atoms with van der Waals surface area (Å²) in [6.45, 7) is 6.58. The number of anilines is 1. The number of hydrogen-bond acceptors (Lipinski definition) is 4. The number of sulfonamides is 1. The molecule has 2 aromatic rings. The summed E-state index contributed by atoms with van der Waals surface area (Å²) in [6.07, 6.45) is 2.96. The number of nitrogens with one attached hydrogen (secondary N) is 1. The van der Waals surface area contributed by atoms with Crippen molar-refractivity contribution in [3.63, 3.8) is 0 Å². The Kier molecular flexibility index (Phi) is 7.08. The van der Waals surface area contributed by atoms with E-state index in [9.17, 15) is 13.0 Å². The second kappa shape index (κ2) is 9.23. The zero-order valence-electron chi connectivity index (χ0n) is 17.7. The molecule has 0 aromatic heterocycles. The van der Waals surface area contributed by atoms with Gasteiger partial charge in [0.2, 0.25) is 10.0 Å². The SMILES string of the molecule is CC1CCC(C(C)C)C(OP(=O)(Nc2ccc(S(N)(=O)=O)cc2)c2ccccc2)C1. The third-order valence-corrected chi connectivity index (χ3v) is 8.83. The highest BCUT2D eigenvalue weighted by atomic mass is 32.2. The summed E-state index contributed by atoms with van der Waals surface area (Å²) in [7, 11) is -7.24. The molecule has 0 amide bonds. The van der Waals surface area contributed by atoms with Crippen molar-refractivity contribution in [3.8, 4) is 0 Å². The molecule has 3 rings (SSSR count). The second-order valence-corrected chi connectivity index (χ2v) is 12.2. The van der Waals surface area contributed by atoms with E-state index in [1.807, 2.05) is 18.2 Å². The quantitative estimate of drug-likeness (QED) is 0.594. The normalized spacial score (nSPS) is 24.4. The van der Waals surface area contributed by atoms with E-state index in [1.165, 1.54) is 12.1 Å². The van der Waals surface area contributed by atoms with Crippen molar-refractivity contribution in [3.05, 3.63) is 54.6 Å². The van der Waals surface area contributed by atoms with E-state index < -0.39 is 17.5 Å². The van der Waals surface area contributed by atoms with E-state index in [1.54, 1.807) is 24.3 Å². The summed E-state index contributed by atoms with van der Waals surface area (Å²) in [5.74, 6) is 1.29. The van der Waals surface area contributed by atoms with Crippen LogP contribution in [0.5, 0.6) is 0 Å². The topological polar surface area (TPSA) is 98.5 Å². The summed E-state index contributed by atoms with van der Waals surface area (Å²) < 4.78 is 43.6. The van der Waals surface area contributed by atoms with Gasteiger partial charge in [-0.25, -0.2) is 13.6 Å². The first-order valence-electron chi connectivity index (χ1n) is 10.3. The maximum Gasteiger partial charge on any atom is 0.324 e. The first-order chi connectivity index (χ1) is 14.1. The van der Waals surface area contributed by atoms with Crippen molar-refractivity contribution >= 4 is 28.5 Å². The van der Waals surface area contributed by atoms with Crippen LogP contribution < -0.4 is 15.5 Å². The van der Waals surface area contributed by atoms with Crippen molar-refractivity contribution in [2.45, 2.75) is 51.0 Å². The van der Waals surface area contributed by atoms with Gasteiger partial charge in [-0.05, 0) is 67.0 Å². The number of nitrogens with two attached hydrogens (primary N) is 1. The van der Waals surface area contributed by atoms with Gasteiger partial charge in [0.1, 0.15) is 0 Å². The minimum absolute atomic E-state index is 0.00416. The average Bonchev–Trinajstić information content (AvgIpc) is 2.68. The van der Waals surface area contributed by atoms with Crippen LogP contribution in [-0.4, -0.2) is 14.5 Å². The zero-order valence-corrected chi connectivity index (χ0v) is 19.4. The molecule has 0 heterocycles. The van der Waals surface area contributed by atoms with Crippen molar-refractivity contribution in [2.75, 3.05) is 5.09 Å². The highest BCUT2D eigenvalue weighted by Crippen LogP contribution is 2.51. The Labute approximate surface area is 179 Å². The number of benzene rings is 2. The van der Waals surface area contributed by atoms with E-state index in [0.717, 1.165) is 19.3 Å². The lowest BCUT2D eigenvalue weighted by molar-refractivity contribution is 0.0506. The van der Waals surface area contributed by atoms with Crippen molar-refractivity contribution in [1.82, 2.24) is 0 Å². The molecule has 4 unspecified atom stereocenters. The Hall–Kier alpha value is -1.66. The molecule has 1 fully saturated rings. The predicted octanol–water partition coefficient (Wildman–Crippen LogP) is 4.74. The summed E-state index contributed by atoms with van der Waals surface area (Å²) >= 11 is 0. The minimum atomic E-state index is -3.79. The monoisotopic (exact) mass is 450 g/mol. The first kappa shape index (κ1) is 23.0. The van der Waals surface area contributed by atoms with Crippen LogP contribution in [0.3, 0.4) is 0 Å². The molecular formula is C22H31N2O4PS. The summed E-state index contributed by atoms with van der Waals surface area (Å²) in [5, 5.41) is 8.83. The Morgan fingerprint density at radius 2 is 1.70 bits per heavy atom. The molecule has 6 nitrogen and oxygen atoms in total. The second-order valence-electron chi connectivity index (χ2n) is 8.54. The Morgan fingerprint density at radius 1 is 1.07 bits per heavy atom. The molecule has 2 aromatic carbocycles. The van der Waals surface area contributed by atoms with Gasteiger partial charge >= 0.3 is 7.52 Å². The van der Waals surface area contributed by atoms with Gasteiger partial charge in [0.15, 0.2) is 0 Å². The van der Waals surface area contributed by atoms with E-state index in [2.05, 4.69) is 25.9 Å². The van der Waals surface area contributed by atoms with Gasteiger partial charge in [-0.2, -0.15) is 0 Å². The molecule has 3 N–H and O–H groups in total. The highest BCUT2D eigenvalue weighted by molar-refractivity contribution is 7.89. The lowest BCUT2D eigenvalue weighted by Crippen LogP contribution is -2.35. The molecule has 0 saturated heterocycles. The smallest absolute Gasteiger partial charge is 0.312 e. The fraction of sp³-hybridized carbons (Fsp3) is 0.455. The number of hydrogen-bond donors (Lipinski definition) is 2. The molecule has 0 radical (unpaired) electrons. The van der Waals surface area contributed by atoms with Crippen LogP contribution in [0.25, 0.3) is 0 Å². The summed E-state index contributed by atoms with van der Waals surface area (Å²) in [6, 6.07) is 15.0. The van der Waals surface area contributed by atoms with Crippen LogP contribution in [0.4, 0.5) is 5.69 Å². The van der Waals surface area contributed by atoms with Gasteiger partial charge in [0.25, 0.3) is 0 Å². The van der Waals surface area contributed by atoms with E-state index >= 15 is 0 Å². The molecular weight excluding hydrogens is 419 g/mol. The van der Waals surface area contributed by atoms with Gasteiger partial charge in [0, 0.05) is 5.69 Å². The van der Waals surface area contributed by atoms with Gasteiger partial charge in [-0.3, -0.25) is 4.57 Å². The van der Waals surface area contributed by atoms with Crippen LogP contribution >= 0.6 is 7.52 Å². The Bertz CT molecular complexity index is 994. The largest absolute Gasteiger partial charge is 0.324 e. The number of primary sulfonamides is 1. The molecule has 0 spiro atoms. The third kappa shape index (κ3) is 5.52. The maximum atomic E-state index is 14.1. The van der Waals surface area contributed by atoms with Gasteiger partial charge in [0.05, 0.1) is 16.3 Å². The predicted molar refractivity (Wildman–Crippen MR) is 121 cm³/mol. The minimum Gasteiger partial charge on any atom is -0.312 e. The summed E-state index contributed by atoms with van der Waals surface area (Å²) in [5.41, 5.74) is 0.513. The Morgan fingerprint density at radius 3 is 2.27 bits per heavy atom. The molecule has 0 bridgehead atoms. The highest BCUT2D eigenvalue weighted by Gasteiger charge is 2.38. The standard InChI is InChI=1S/C22H31N2O4PS/c1-16(2)21-14-9-17(3)15-22(21)28-29(25,19-7-5-4-6-8-19)24-18-10-12-20(13-11-18)30(23,26)27/h4-8,10-13,16-17,21-22H,9,14-15H2,1-3H3,(H,24,25)(H2,23,26,27). The van der Waals surface area contributed by atoms with Crippen LogP contribution in [-0.2, 0) is 19.1 Å². The van der Waals surface area contributed by atoms with Gasteiger partial charge in [-0.15, -0.1) is 0 Å². The third-order valence-electron chi connectivity index (χ3n) is 5.80. The lowest BCUT2D eigenvalue weighted by Gasteiger charge is -2.39. The maximum absolute atomic E-state index is 14.1. The molecule has 1 aliphatic rings. The molecule has 30 heavy (non-hydrogen) atoms. The molecule has 1 aliphatic carbocycles. The Balaban J connectivity index is 1.93. The van der Waals surface area contributed by atoms with E-state index in [-0.39, 0.29) is 11.0 Å². The fourth-order valence-corrected chi connectivity index (χ4v) is 6.59. The van der Waals surface area contributed by atoms with Crippen molar-refractivity contribution in [2.24, 2.45) is 22.9 Å². The fourth-order valence-electron chi connectivity index (χ4n) is 4.09. The van der Waals surface area contributed by atoms with Crippen LogP contribution in [0.2, 0.25) is 0 Å². The lowest BCUT2D eigenvalue weighted by atomic mass is 9.75. The zero-order chi connectivity index (χ0) is 21.9. The van der Waals surface area contributed by atoms with E-state index in [0.29, 0.717) is 28.7 Å². The summed E-state index contributed by atoms with van der Waals surface area (Å²) in [4.78, 5) is 0.00416. The molecule has 164 valence electrons. The van der Waals surface area contributed by atoms with Crippen molar-refractivity contribution in [1.29, 1.82) is 0 Å². The van der Waals surface area contributed by atoms with Crippen LogP contribution in [0.1, 0.15) is 40.0 Å². The molecule has 4 atom stereocenters. The van der Waals surface area contributed by atoms with Crippen molar-refractivity contribution < 1.29 is 17.5 Å². The molecule has 0 aliphatic heterocycles. The molecule has 8 heteroatoms. The van der Waals surface area contributed by atoms with E-state index in [4.69, 9.17) is 9.66 Å². The van der Waals surface area contributed by atoms with Crippen LogP contribution in [0, 0.1) is 17.8 Å². The molecule has 1 saturated carbocycles.